The monoisotopic (exact) mass is 304 g/mol. The van der Waals surface area contributed by atoms with E-state index in [-0.39, 0.29) is 11.3 Å². The van der Waals surface area contributed by atoms with Gasteiger partial charge in [0.15, 0.2) is 0 Å². The lowest BCUT2D eigenvalue weighted by atomic mass is 9.84. The Balaban J connectivity index is 2.48. The van der Waals surface area contributed by atoms with Gasteiger partial charge in [-0.05, 0) is 30.9 Å². The van der Waals surface area contributed by atoms with Crippen LogP contribution in [0.2, 0.25) is 0 Å². The Labute approximate surface area is 133 Å². The van der Waals surface area contributed by atoms with Crippen molar-refractivity contribution in [2.75, 3.05) is 32.8 Å². The first-order valence-electron chi connectivity index (χ1n) is 8.12. The van der Waals surface area contributed by atoms with Gasteiger partial charge in [-0.15, -0.1) is 0 Å². The highest BCUT2D eigenvalue weighted by molar-refractivity contribution is 5.98. The Hall–Kier alpha value is -1.55. The van der Waals surface area contributed by atoms with E-state index in [4.69, 9.17) is 4.74 Å². The average Bonchev–Trinajstić information content (AvgIpc) is 2.48. The van der Waals surface area contributed by atoms with E-state index >= 15 is 0 Å². The maximum absolute atomic E-state index is 12.9. The fourth-order valence-corrected chi connectivity index (χ4v) is 2.83. The molecule has 4 heteroatoms. The van der Waals surface area contributed by atoms with Gasteiger partial charge in [-0.2, -0.15) is 0 Å². The number of hydrogen-bond donors (Lipinski definition) is 1. The number of carbonyl (C=O) groups is 1. The summed E-state index contributed by atoms with van der Waals surface area (Å²) < 4.78 is 5.90. The maximum Gasteiger partial charge on any atom is 0.257 e. The lowest BCUT2D eigenvalue weighted by Crippen LogP contribution is -2.46. The molecule has 1 aliphatic heterocycles. The van der Waals surface area contributed by atoms with Crippen LogP contribution in [-0.2, 0) is 5.41 Å². The van der Waals surface area contributed by atoms with Gasteiger partial charge in [0.25, 0.3) is 5.91 Å². The van der Waals surface area contributed by atoms with Gasteiger partial charge in [0.1, 0.15) is 5.75 Å². The number of amides is 1. The number of benzene rings is 1. The SMILES string of the molecule is CCOc1c(C(=O)N2CCNCC2)cc(C)cc1C(C)(C)C. The minimum Gasteiger partial charge on any atom is -0.493 e. The van der Waals surface area contributed by atoms with Crippen LogP contribution >= 0.6 is 0 Å². The van der Waals surface area contributed by atoms with E-state index in [2.05, 4.69) is 32.2 Å². The summed E-state index contributed by atoms with van der Waals surface area (Å²) in [5.74, 6) is 0.836. The molecule has 122 valence electrons. The van der Waals surface area contributed by atoms with Gasteiger partial charge >= 0.3 is 0 Å². The number of nitrogens with one attached hydrogen (secondary N) is 1. The number of rotatable bonds is 3. The zero-order chi connectivity index (χ0) is 16.3. The largest absolute Gasteiger partial charge is 0.493 e. The molecular weight excluding hydrogens is 276 g/mol. The third kappa shape index (κ3) is 3.61. The smallest absolute Gasteiger partial charge is 0.257 e. The zero-order valence-electron chi connectivity index (χ0n) is 14.5. The highest BCUT2D eigenvalue weighted by atomic mass is 16.5. The molecule has 22 heavy (non-hydrogen) atoms. The molecule has 1 saturated heterocycles. The van der Waals surface area contributed by atoms with Crippen LogP contribution in [0.4, 0.5) is 0 Å². The lowest BCUT2D eigenvalue weighted by molar-refractivity contribution is 0.0731. The quantitative estimate of drug-likeness (QED) is 0.933. The highest BCUT2D eigenvalue weighted by Crippen LogP contribution is 2.36. The summed E-state index contributed by atoms with van der Waals surface area (Å²) in [4.78, 5) is 14.9. The normalized spacial score (nSPS) is 15.8. The molecule has 0 aromatic heterocycles. The van der Waals surface area contributed by atoms with Gasteiger partial charge < -0.3 is 15.0 Å². The van der Waals surface area contributed by atoms with E-state index in [1.165, 1.54) is 0 Å². The zero-order valence-corrected chi connectivity index (χ0v) is 14.5. The van der Waals surface area contributed by atoms with Crippen molar-refractivity contribution in [3.63, 3.8) is 0 Å². The Kier molecular flexibility index (Phi) is 5.12. The number of aryl methyl sites for hydroxylation is 1. The molecule has 1 amide bonds. The van der Waals surface area contributed by atoms with E-state index in [1.54, 1.807) is 0 Å². The molecule has 0 spiro atoms. The van der Waals surface area contributed by atoms with Crippen LogP contribution in [-0.4, -0.2) is 43.6 Å². The molecule has 0 bridgehead atoms. The van der Waals surface area contributed by atoms with Gasteiger partial charge in [-0.3, -0.25) is 4.79 Å². The van der Waals surface area contributed by atoms with E-state index in [1.807, 2.05) is 24.8 Å². The molecular formula is C18H28N2O2. The maximum atomic E-state index is 12.9. The molecule has 0 unspecified atom stereocenters. The summed E-state index contributed by atoms with van der Waals surface area (Å²) in [6.45, 7) is 14.3. The number of nitrogens with zero attached hydrogens (tertiary/aromatic N) is 1. The van der Waals surface area contributed by atoms with Gasteiger partial charge in [0, 0.05) is 31.7 Å². The summed E-state index contributed by atoms with van der Waals surface area (Å²) in [6, 6.07) is 4.10. The third-order valence-corrected chi connectivity index (χ3v) is 3.96. The third-order valence-electron chi connectivity index (χ3n) is 3.96. The van der Waals surface area contributed by atoms with Crippen molar-refractivity contribution in [2.24, 2.45) is 0 Å². The van der Waals surface area contributed by atoms with Gasteiger partial charge in [-0.1, -0.05) is 26.8 Å². The molecule has 1 aliphatic rings. The van der Waals surface area contributed by atoms with Crippen LogP contribution < -0.4 is 10.1 Å². The lowest BCUT2D eigenvalue weighted by Gasteiger charge is -2.30. The molecule has 0 radical (unpaired) electrons. The highest BCUT2D eigenvalue weighted by Gasteiger charge is 2.27. The Morgan fingerprint density at radius 1 is 1.27 bits per heavy atom. The second-order valence-electron chi connectivity index (χ2n) is 6.91. The first kappa shape index (κ1) is 16.8. The molecule has 2 rings (SSSR count). The molecule has 0 saturated carbocycles. The Morgan fingerprint density at radius 3 is 2.45 bits per heavy atom. The molecule has 1 N–H and O–H groups in total. The van der Waals surface area contributed by atoms with Gasteiger partial charge in [-0.25, -0.2) is 0 Å². The van der Waals surface area contributed by atoms with Crippen LogP contribution in [0, 0.1) is 6.92 Å². The number of carbonyl (C=O) groups excluding carboxylic acids is 1. The van der Waals surface area contributed by atoms with E-state index < -0.39 is 0 Å². The second kappa shape index (κ2) is 6.69. The fourth-order valence-electron chi connectivity index (χ4n) is 2.83. The molecule has 1 heterocycles. The first-order valence-corrected chi connectivity index (χ1v) is 8.12. The predicted molar refractivity (Wildman–Crippen MR) is 89.8 cm³/mol. The van der Waals surface area contributed by atoms with Crippen LogP contribution in [0.15, 0.2) is 12.1 Å². The Bertz CT molecular complexity index is 541. The minimum atomic E-state index is -0.0605. The average molecular weight is 304 g/mol. The van der Waals surface area contributed by atoms with E-state index in [9.17, 15) is 4.79 Å². The fraction of sp³-hybridized carbons (Fsp3) is 0.611. The van der Waals surface area contributed by atoms with E-state index in [0.717, 1.165) is 43.1 Å². The first-order chi connectivity index (χ1) is 10.3. The summed E-state index contributed by atoms with van der Waals surface area (Å²) in [5.41, 5.74) is 2.85. The van der Waals surface area contributed by atoms with Gasteiger partial charge in [0.05, 0.1) is 12.2 Å². The molecule has 1 aromatic rings. The van der Waals surface area contributed by atoms with Crippen molar-refractivity contribution in [2.45, 2.75) is 40.0 Å². The molecule has 4 nitrogen and oxygen atoms in total. The van der Waals surface area contributed by atoms with Crippen LogP contribution in [0.5, 0.6) is 5.75 Å². The minimum absolute atomic E-state index is 0.0605. The summed E-state index contributed by atoms with van der Waals surface area (Å²) >= 11 is 0. The number of piperazine rings is 1. The Morgan fingerprint density at radius 2 is 1.91 bits per heavy atom. The summed E-state index contributed by atoms with van der Waals surface area (Å²) in [6.07, 6.45) is 0. The summed E-state index contributed by atoms with van der Waals surface area (Å²) in [5, 5.41) is 3.28. The second-order valence-corrected chi connectivity index (χ2v) is 6.91. The van der Waals surface area contributed by atoms with Gasteiger partial charge in [0.2, 0.25) is 0 Å². The summed E-state index contributed by atoms with van der Waals surface area (Å²) in [7, 11) is 0. The van der Waals surface area contributed by atoms with Crippen molar-refractivity contribution >= 4 is 5.91 Å². The molecule has 0 aliphatic carbocycles. The van der Waals surface area contributed by atoms with Crippen molar-refractivity contribution in [1.82, 2.24) is 10.2 Å². The molecule has 1 fully saturated rings. The number of ether oxygens (including phenoxy) is 1. The topological polar surface area (TPSA) is 41.6 Å². The van der Waals surface area contributed by atoms with Crippen LogP contribution in [0.1, 0.15) is 49.2 Å². The van der Waals surface area contributed by atoms with Crippen molar-refractivity contribution in [3.8, 4) is 5.75 Å². The van der Waals surface area contributed by atoms with E-state index in [0.29, 0.717) is 12.2 Å². The standard InChI is InChI=1S/C18H28N2O2/c1-6-22-16-14(17(21)20-9-7-19-8-10-20)11-13(2)12-15(16)18(3,4)5/h11-12,19H,6-10H2,1-5H3. The number of hydrogen-bond acceptors (Lipinski definition) is 3. The molecule has 0 atom stereocenters. The van der Waals surface area contributed by atoms with Crippen molar-refractivity contribution < 1.29 is 9.53 Å². The molecule has 1 aromatic carbocycles. The predicted octanol–water partition coefficient (Wildman–Crippen LogP) is 2.74. The van der Waals surface area contributed by atoms with Crippen molar-refractivity contribution in [1.29, 1.82) is 0 Å². The van der Waals surface area contributed by atoms with Crippen LogP contribution in [0.25, 0.3) is 0 Å². The van der Waals surface area contributed by atoms with Crippen molar-refractivity contribution in [3.05, 3.63) is 28.8 Å². The van der Waals surface area contributed by atoms with Crippen LogP contribution in [0.3, 0.4) is 0 Å².